The summed E-state index contributed by atoms with van der Waals surface area (Å²) < 4.78 is 11.0. The van der Waals surface area contributed by atoms with Crippen LogP contribution in [0.1, 0.15) is 29.0 Å². The van der Waals surface area contributed by atoms with Crippen molar-refractivity contribution in [1.82, 2.24) is 15.0 Å². The van der Waals surface area contributed by atoms with E-state index in [-0.39, 0.29) is 11.9 Å². The summed E-state index contributed by atoms with van der Waals surface area (Å²) >= 11 is 6.10. The molecule has 0 N–H and O–H groups in total. The number of piperidine rings is 1. The highest BCUT2D eigenvalue weighted by Crippen LogP contribution is 2.27. The summed E-state index contributed by atoms with van der Waals surface area (Å²) in [7, 11) is 1.58. The Labute approximate surface area is 151 Å². The van der Waals surface area contributed by atoms with E-state index in [1.54, 1.807) is 19.4 Å². The zero-order valence-electron chi connectivity index (χ0n) is 14.1. The molecule has 1 fully saturated rings. The van der Waals surface area contributed by atoms with Crippen LogP contribution in [-0.4, -0.2) is 47.5 Å². The molecule has 0 radical (unpaired) electrons. The van der Waals surface area contributed by atoms with Gasteiger partial charge in [-0.1, -0.05) is 11.6 Å². The van der Waals surface area contributed by atoms with Gasteiger partial charge >= 0.3 is 0 Å². The average molecular weight is 363 g/mol. The van der Waals surface area contributed by atoms with E-state index in [2.05, 4.69) is 19.9 Å². The van der Waals surface area contributed by atoms with E-state index < -0.39 is 0 Å². The first-order valence-corrected chi connectivity index (χ1v) is 8.39. The predicted octanol–water partition coefficient (Wildman–Crippen LogP) is 2.70. The molecule has 3 heterocycles. The van der Waals surface area contributed by atoms with Gasteiger partial charge in [-0.15, -0.1) is 0 Å². The summed E-state index contributed by atoms with van der Waals surface area (Å²) in [6, 6.07) is 3.63. The van der Waals surface area contributed by atoms with E-state index in [9.17, 15) is 4.79 Å². The summed E-state index contributed by atoms with van der Waals surface area (Å²) in [6.07, 6.45) is 4.05. The van der Waals surface area contributed by atoms with E-state index >= 15 is 0 Å². The molecule has 0 atom stereocenters. The maximum absolute atomic E-state index is 11.0. The summed E-state index contributed by atoms with van der Waals surface area (Å²) in [5.41, 5.74) is 0.783. The normalized spacial score (nSPS) is 15.1. The van der Waals surface area contributed by atoms with Crippen LogP contribution in [0.2, 0.25) is 5.15 Å². The minimum atomic E-state index is 0.105. The third kappa shape index (κ3) is 3.99. The van der Waals surface area contributed by atoms with Crippen molar-refractivity contribution in [2.45, 2.75) is 25.9 Å². The number of aldehydes is 1. The Kier molecular flexibility index (Phi) is 5.33. The van der Waals surface area contributed by atoms with Crippen LogP contribution in [-0.2, 0) is 0 Å². The van der Waals surface area contributed by atoms with E-state index in [4.69, 9.17) is 21.1 Å². The van der Waals surface area contributed by atoms with Gasteiger partial charge < -0.3 is 14.4 Å². The molecule has 1 aliphatic heterocycles. The van der Waals surface area contributed by atoms with Gasteiger partial charge in [0.15, 0.2) is 12.1 Å². The lowest BCUT2D eigenvalue weighted by molar-refractivity contribution is 0.111. The highest BCUT2D eigenvalue weighted by atomic mass is 35.5. The molecule has 0 bridgehead atoms. The van der Waals surface area contributed by atoms with Crippen molar-refractivity contribution in [1.29, 1.82) is 0 Å². The average Bonchev–Trinajstić information content (AvgIpc) is 2.65. The highest BCUT2D eigenvalue weighted by molar-refractivity contribution is 6.30. The SMILES string of the molecule is COc1ccc(OC2CCN(c3nc(C=O)nc(Cl)c3C)CC2)cn1. The maximum atomic E-state index is 11.0. The van der Waals surface area contributed by atoms with E-state index in [0.29, 0.717) is 23.1 Å². The number of carbonyl (C=O) groups is 1. The summed E-state index contributed by atoms with van der Waals surface area (Å²) in [5, 5.41) is 0.315. The quantitative estimate of drug-likeness (QED) is 0.597. The van der Waals surface area contributed by atoms with E-state index in [1.807, 2.05) is 13.0 Å². The van der Waals surface area contributed by atoms with Gasteiger partial charge in [-0.25, -0.2) is 15.0 Å². The van der Waals surface area contributed by atoms with Crippen LogP contribution in [0.25, 0.3) is 0 Å². The van der Waals surface area contributed by atoms with Crippen molar-refractivity contribution in [2.75, 3.05) is 25.1 Å². The second-order valence-electron chi connectivity index (χ2n) is 5.78. The maximum Gasteiger partial charge on any atom is 0.213 e. The Bertz CT molecular complexity index is 746. The number of aromatic nitrogens is 3. The summed E-state index contributed by atoms with van der Waals surface area (Å²) in [4.78, 5) is 25.5. The number of halogens is 1. The van der Waals surface area contributed by atoms with Crippen LogP contribution in [0.15, 0.2) is 18.3 Å². The minimum Gasteiger partial charge on any atom is -0.489 e. The molecule has 1 saturated heterocycles. The van der Waals surface area contributed by atoms with E-state index in [1.165, 1.54) is 0 Å². The first-order chi connectivity index (χ1) is 12.1. The predicted molar refractivity (Wildman–Crippen MR) is 93.8 cm³/mol. The standard InChI is InChI=1S/C17H19ClN4O3/c1-11-16(18)20-14(10-23)21-17(11)22-7-5-12(6-8-22)25-13-3-4-15(24-2)19-9-13/h3-4,9-10,12H,5-8H2,1-2H3. The van der Waals surface area contributed by atoms with Crippen molar-refractivity contribution in [3.8, 4) is 11.6 Å². The lowest BCUT2D eigenvalue weighted by Crippen LogP contribution is -2.39. The second-order valence-corrected chi connectivity index (χ2v) is 6.14. The van der Waals surface area contributed by atoms with Gasteiger partial charge in [0.25, 0.3) is 0 Å². The number of carbonyl (C=O) groups excluding carboxylic acids is 1. The molecular formula is C17H19ClN4O3. The zero-order chi connectivity index (χ0) is 17.8. The molecule has 2 aromatic rings. The number of ether oxygens (including phenoxy) is 2. The Morgan fingerprint density at radius 2 is 2.04 bits per heavy atom. The van der Waals surface area contributed by atoms with Gasteiger partial charge in [0.1, 0.15) is 22.8 Å². The molecule has 7 nitrogen and oxygen atoms in total. The molecule has 25 heavy (non-hydrogen) atoms. The Morgan fingerprint density at radius 3 is 2.64 bits per heavy atom. The largest absolute Gasteiger partial charge is 0.489 e. The molecule has 0 unspecified atom stereocenters. The number of pyridine rings is 1. The molecule has 3 rings (SSSR count). The van der Waals surface area contributed by atoms with Gasteiger partial charge in [-0.05, 0) is 13.0 Å². The van der Waals surface area contributed by atoms with Gasteiger partial charge in [-0.3, -0.25) is 4.79 Å². The van der Waals surface area contributed by atoms with Crippen LogP contribution < -0.4 is 14.4 Å². The number of hydrogen-bond acceptors (Lipinski definition) is 7. The van der Waals surface area contributed by atoms with Gasteiger partial charge in [0.2, 0.25) is 5.88 Å². The molecule has 132 valence electrons. The molecule has 0 aromatic carbocycles. The van der Waals surface area contributed by atoms with Crippen molar-refractivity contribution in [3.63, 3.8) is 0 Å². The summed E-state index contributed by atoms with van der Waals surface area (Å²) in [6.45, 7) is 3.39. The van der Waals surface area contributed by atoms with Crippen LogP contribution >= 0.6 is 11.6 Å². The molecule has 0 saturated carbocycles. The Morgan fingerprint density at radius 1 is 1.28 bits per heavy atom. The molecule has 0 spiro atoms. The fourth-order valence-corrected chi connectivity index (χ4v) is 2.96. The molecular weight excluding hydrogens is 344 g/mol. The van der Waals surface area contributed by atoms with Crippen LogP contribution in [0.4, 0.5) is 5.82 Å². The number of anilines is 1. The first kappa shape index (κ1) is 17.4. The lowest BCUT2D eigenvalue weighted by Gasteiger charge is -2.33. The van der Waals surface area contributed by atoms with Gasteiger partial charge in [0, 0.05) is 37.6 Å². The van der Waals surface area contributed by atoms with Crippen LogP contribution in [0, 0.1) is 6.92 Å². The Balaban J connectivity index is 1.63. The second kappa shape index (κ2) is 7.65. The Hall–Kier alpha value is -2.41. The third-order valence-electron chi connectivity index (χ3n) is 4.15. The fraction of sp³-hybridized carbons (Fsp3) is 0.412. The van der Waals surface area contributed by atoms with Crippen LogP contribution in [0.5, 0.6) is 11.6 Å². The molecule has 1 aliphatic rings. The topological polar surface area (TPSA) is 77.4 Å². The number of hydrogen-bond donors (Lipinski definition) is 0. The number of nitrogens with zero attached hydrogens (tertiary/aromatic N) is 4. The third-order valence-corrected chi connectivity index (χ3v) is 4.51. The van der Waals surface area contributed by atoms with Crippen molar-refractivity contribution < 1.29 is 14.3 Å². The highest BCUT2D eigenvalue weighted by Gasteiger charge is 2.24. The number of rotatable bonds is 5. The van der Waals surface area contributed by atoms with Crippen molar-refractivity contribution in [2.24, 2.45) is 0 Å². The lowest BCUT2D eigenvalue weighted by atomic mass is 10.1. The first-order valence-electron chi connectivity index (χ1n) is 8.01. The molecule has 0 amide bonds. The molecule has 0 aliphatic carbocycles. The molecule has 2 aromatic heterocycles. The van der Waals surface area contributed by atoms with Gasteiger partial charge in [0.05, 0.1) is 13.3 Å². The van der Waals surface area contributed by atoms with E-state index in [0.717, 1.165) is 37.2 Å². The smallest absolute Gasteiger partial charge is 0.213 e. The molecule has 8 heteroatoms. The van der Waals surface area contributed by atoms with Crippen LogP contribution in [0.3, 0.4) is 0 Å². The summed E-state index contributed by atoms with van der Waals surface area (Å²) in [5.74, 6) is 2.10. The van der Waals surface area contributed by atoms with Crippen molar-refractivity contribution in [3.05, 3.63) is 34.9 Å². The zero-order valence-corrected chi connectivity index (χ0v) is 14.9. The monoisotopic (exact) mass is 362 g/mol. The fourth-order valence-electron chi connectivity index (χ4n) is 2.79. The van der Waals surface area contributed by atoms with Crippen molar-refractivity contribution >= 4 is 23.7 Å². The van der Waals surface area contributed by atoms with Gasteiger partial charge in [-0.2, -0.15) is 0 Å². The minimum absolute atomic E-state index is 0.105. The number of methoxy groups -OCH3 is 1.